The van der Waals surface area contributed by atoms with E-state index in [0.29, 0.717) is 12.2 Å². The Labute approximate surface area is 105 Å². The quantitative estimate of drug-likeness (QED) is 0.790. The van der Waals surface area contributed by atoms with Gasteiger partial charge in [0.15, 0.2) is 5.60 Å². The van der Waals surface area contributed by atoms with Gasteiger partial charge in [-0.3, -0.25) is 4.79 Å². The van der Waals surface area contributed by atoms with E-state index in [2.05, 4.69) is 0 Å². The lowest BCUT2D eigenvalue weighted by Crippen LogP contribution is -2.41. The molecule has 0 radical (unpaired) electrons. The first-order valence-corrected chi connectivity index (χ1v) is 5.48. The van der Waals surface area contributed by atoms with Crippen molar-refractivity contribution in [3.05, 3.63) is 29.8 Å². The second-order valence-corrected chi connectivity index (χ2v) is 4.39. The third kappa shape index (κ3) is 4.18. The molecule has 18 heavy (non-hydrogen) atoms. The number of carboxylic acid groups (broad SMARTS) is 1. The summed E-state index contributed by atoms with van der Waals surface area (Å²) in [5.41, 5.74) is -1.06. The number of hydrogen-bond acceptors (Lipinski definition) is 4. The molecule has 5 heteroatoms. The van der Waals surface area contributed by atoms with E-state index in [-0.39, 0.29) is 12.4 Å². The van der Waals surface area contributed by atoms with Crippen LogP contribution in [0.15, 0.2) is 24.3 Å². The first kappa shape index (κ1) is 14.2. The van der Waals surface area contributed by atoms with Crippen molar-refractivity contribution >= 4 is 11.8 Å². The molecular formula is C13H16O5. The van der Waals surface area contributed by atoms with Gasteiger partial charge in [-0.15, -0.1) is 0 Å². The second-order valence-electron chi connectivity index (χ2n) is 4.39. The van der Waals surface area contributed by atoms with Gasteiger partial charge >= 0.3 is 5.97 Å². The van der Waals surface area contributed by atoms with Crippen LogP contribution in [0.2, 0.25) is 0 Å². The Morgan fingerprint density at radius 2 is 1.83 bits per heavy atom. The molecule has 0 fully saturated rings. The molecule has 0 aliphatic carbocycles. The van der Waals surface area contributed by atoms with E-state index in [0.717, 1.165) is 5.56 Å². The molecule has 0 aromatic heterocycles. The maximum Gasteiger partial charge on any atom is 0.339 e. The van der Waals surface area contributed by atoms with Gasteiger partial charge in [-0.1, -0.05) is 12.1 Å². The topological polar surface area (TPSA) is 83.8 Å². The molecule has 0 aliphatic rings. The van der Waals surface area contributed by atoms with Crippen LogP contribution in [0.4, 0.5) is 0 Å². The van der Waals surface area contributed by atoms with Crippen molar-refractivity contribution < 1.29 is 24.5 Å². The summed E-state index contributed by atoms with van der Waals surface area (Å²) in [6.07, 6.45) is 0.354. The van der Waals surface area contributed by atoms with E-state index in [1.54, 1.807) is 24.3 Å². The molecule has 98 valence electrons. The molecule has 0 aliphatic heterocycles. The number of ether oxygens (including phenoxy) is 1. The van der Waals surface area contributed by atoms with Crippen LogP contribution in [0.1, 0.15) is 19.4 Å². The number of carbonyl (C=O) groups excluding carboxylic acids is 1. The van der Waals surface area contributed by atoms with E-state index < -0.39 is 11.6 Å². The monoisotopic (exact) mass is 252 g/mol. The number of benzene rings is 1. The molecule has 5 nitrogen and oxygen atoms in total. The van der Waals surface area contributed by atoms with Crippen LogP contribution < -0.4 is 4.74 Å². The average Bonchev–Trinajstić information content (AvgIpc) is 2.27. The molecule has 1 rings (SSSR count). The number of hydrogen-bond donors (Lipinski definition) is 2. The number of aliphatic carboxylic acids is 1. The van der Waals surface area contributed by atoms with Crippen LogP contribution in [0.3, 0.4) is 0 Å². The Morgan fingerprint density at radius 1 is 1.28 bits per heavy atom. The van der Waals surface area contributed by atoms with Crippen molar-refractivity contribution in [2.75, 3.05) is 6.61 Å². The molecular weight excluding hydrogens is 236 g/mol. The van der Waals surface area contributed by atoms with Gasteiger partial charge in [-0.25, -0.2) is 4.79 Å². The highest BCUT2D eigenvalue weighted by Crippen LogP contribution is 2.15. The molecule has 2 N–H and O–H groups in total. The molecule has 0 saturated heterocycles. The minimum Gasteiger partial charge on any atom is -0.490 e. The zero-order valence-electron chi connectivity index (χ0n) is 10.3. The van der Waals surface area contributed by atoms with Crippen molar-refractivity contribution in [3.63, 3.8) is 0 Å². The lowest BCUT2D eigenvalue weighted by atomic mass is 10.1. The zero-order chi connectivity index (χ0) is 13.8. The molecule has 1 aromatic carbocycles. The third-order valence-electron chi connectivity index (χ3n) is 2.36. The standard InChI is InChI=1S/C13H16O5/c1-9(14)7-10-3-5-11(6-4-10)18-8-13(2,17)12(15)16/h3-6,17H,7-8H2,1-2H3,(H,15,16). The molecule has 0 spiro atoms. The molecule has 0 heterocycles. The van der Waals surface area contributed by atoms with Crippen LogP contribution in [-0.2, 0) is 16.0 Å². The van der Waals surface area contributed by atoms with Gasteiger partial charge in [0.05, 0.1) is 0 Å². The van der Waals surface area contributed by atoms with Gasteiger partial charge in [0, 0.05) is 6.42 Å². The number of ketones is 1. The summed E-state index contributed by atoms with van der Waals surface area (Å²) in [5.74, 6) is -0.822. The van der Waals surface area contributed by atoms with E-state index in [1.807, 2.05) is 0 Å². The van der Waals surface area contributed by atoms with E-state index in [1.165, 1.54) is 13.8 Å². The van der Waals surface area contributed by atoms with E-state index in [4.69, 9.17) is 9.84 Å². The summed E-state index contributed by atoms with van der Waals surface area (Å²) >= 11 is 0. The Bertz CT molecular complexity index is 433. The summed E-state index contributed by atoms with van der Waals surface area (Å²) in [4.78, 5) is 21.6. The van der Waals surface area contributed by atoms with Crippen molar-refractivity contribution in [2.24, 2.45) is 0 Å². The lowest BCUT2D eigenvalue weighted by Gasteiger charge is -2.18. The number of Topliss-reactive ketones (excluding diaryl/α,β-unsaturated/α-hetero) is 1. The maximum atomic E-state index is 10.9. The van der Waals surface area contributed by atoms with Gasteiger partial charge < -0.3 is 14.9 Å². The highest BCUT2D eigenvalue weighted by Gasteiger charge is 2.30. The van der Waals surface area contributed by atoms with Gasteiger partial charge in [-0.2, -0.15) is 0 Å². The van der Waals surface area contributed by atoms with Gasteiger partial charge in [-0.05, 0) is 31.5 Å². The first-order valence-electron chi connectivity index (χ1n) is 5.48. The summed E-state index contributed by atoms with van der Waals surface area (Å²) in [6.45, 7) is 2.34. The Morgan fingerprint density at radius 3 is 2.28 bits per heavy atom. The molecule has 1 unspecified atom stereocenters. The van der Waals surface area contributed by atoms with Crippen molar-refractivity contribution in [1.29, 1.82) is 0 Å². The highest BCUT2D eigenvalue weighted by atomic mass is 16.5. The average molecular weight is 252 g/mol. The maximum absolute atomic E-state index is 10.9. The third-order valence-corrected chi connectivity index (χ3v) is 2.36. The summed E-state index contributed by atoms with van der Waals surface area (Å²) in [5, 5.41) is 18.2. The minimum atomic E-state index is -1.92. The van der Waals surface area contributed by atoms with Gasteiger partial charge in [0.1, 0.15) is 18.1 Å². The second kappa shape index (κ2) is 5.64. The fourth-order valence-corrected chi connectivity index (χ4v) is 1.28. The van der Waals surface area contributed by atoms with Gasteiger partial charge in [0.25, 0.3) is 0 Å². The predicted molar refractivity (Wildman–Crippen MR) is 64.6 cm³/mol. The SMILES string of the molecule is CC(=O)Cc1ccc(OCC(C)(O)C(=O)O)cc1. The Kier molecular flexibility index (Phi) is 4.44. The van der Waals surface area contributed by atoms with Crippen LogP contribution in [0.5, 0.6) is 5.75 Å². The van der Waals surface area contributed by atoms with Crippen molar-refractivity contribution in [3.8, 4) is 5.75 Å². The molecule has 1 aromatic rings. The van der Waals surface area contributed by atoms with Crippen LogP contribution in [0.25, 0.3) is 0 Å². The first-order chi connectivity index (χ1) is 8.31. The molecule has 0 amide bonds. The van der Waals surface area contributed by atoms with Crippen molar-refractivity contribution in [1.82, 2.24) is 0 Å². The zero-order valence-corrected chi connectivity index (χ0v) is 10.3. The fraction of sp³-hybridized carbons (Fsp3) is 0.385. The Hall–Kier alpha value is -1.88. The normalized spacial score (nSPS) is 13.7. The fourth-order valence-electron chi connectivity index (χ4n) is 1.28. The van der Waals surface area contributed by atoms with Gasteiger partial charge in [0.2, 0.25) is 0 Å². The predicted octanol–water partition coefficient (Wildman–Crippen LogP) is 1.03. The summed E-state index contributed by atoms with van der Waals surface area (Å²) in [7, 11) is 0. The Balaban J connectivity index is 2.59. The number of carbonyl (C=O) groups is 2. The molecule has 1 atom stereocenters. The highest BCUT2D eigenvalue weighted by molar-refractivity contribution is 5.78. The number of carboxylic acids is 1. The van der Waals surface area contributed by atoms with E-state index in [9.17, 15) is 14.7 Å². The van der Waals surface area contributed by atoms with E-state index >= 15 is 0 Å². The van der Waals surface area contributed by atoms with Crippen LogP contribution in [0, 0.1) is 0 Å². The number of aliphatic hydroxyl groups is 1. The summed E-state index contributed by atoms with van der Waals surface area (Å²) < 4.78 is 5.18. The number of rotatable bonds is 6. The molecule has 0 bridgehead atoms. The largest absolute Gasteiger partial charge is 0.490 e. The summed E-state index contributed by atoms with van der Waals surface area (Å²) in [6, 6.07) is 6.73. The lowest BCUT2D eigenvalue weighted by molar-refractivity contribution is -0.159. The van der Waals surface area contributed by atoms with Crippen molar-refractivity contribution in [2.45, 2.75) is 25.9 Å². The smallest absolute Gasteiger partial charge is 0.339 e. The van der Waals surface area contributed by atoms with Crippen LogP contribution >= 0.6 is 0 Å². The van der Waals surface area contributed by atoms with Crippen LogP contribution in [-0.4, -0.2) is 34.2 Å². The molecule has 0 saturated carbocycles. The minimum absolute atomic E-state index is 0.0671.